The maximum Gasteiger partial charge on any atom is 0.401 e. The van der Waals surface area contributed by atoms with Crippen molar-refractivity contribution in [1.82, 2.24) is 15.5 Å². The molecule has 0 amide bonds. The van der Waals surface area contributed by atoms with Gasteiger partial charge in [0.2, 0.25) is 0 Å². The topological polar surface area (TPSA) is 39.7 Å². The lowest BCUT2D eigenvalue weighted by molar-refractivity contribution is -0.143. The Morgan fingerprint density at radius 1 is 1.37 bits per heavy atom. The second kappa shape index (κ2) is 9.01. The maximum absolute atomic E-state index is 12.1. The summed E-state index contributed by atoms with van der Waals surface area (Å²) in [4.78, 5) is 5.32. The summed E-state index contributed by atoms with van der Waals surface area (Å²) in [5.41, 5.74) is 0. The van der Waals surface area contributed by atoms with Crippen LogP contribution in [0.4, 0.5) is 13.2 Å². The van der Waals surface area contributed by atoms with Crippen molar-refractivity contribution < 1.29 is 13.2 Å². The molecule has 114 valence electrons. The molecule has 0 aromatic rings. The second-order valence-electron chi connectivity index (χ2n) is 4.66. The molecule has 0 heterocycles. The zero-order valence-corrected chi connectivity index (χ0v) is 12.1. The molecule has 0 spiro atoms. The molecule has 1 atom stereocenters. The minimum Gasteiger partial charge on any atom is -0.356 e. The molecule has 0 aliphatic carbocycles. The Morgan fingerprint density at radius 2 is 2.00 bits per heavy atom. The van der Waals surface area contributed by atoms with Gasteiger partial charge in [0, 0.05) is 19.6 Å². The molecule has 0 rings (SSSR count). The Hall–Kier alpha value is -0.980. The lowest BCUT2D eigenvalue weighted by Gasteiger charge is -2.19. The fraction of sp³-hybridized carbons (Fsp3) is 0.917. The van der Waals surface area contributed by atoms with Crippen molar-refractivity contribution in [2.24, 2.45) is 4.99 Å². The van der Waals surface area contributed by atoms with Crippen LogP contribution in [0.2, 0.25) is 0 Å². The van der Waals surface area contributed by atoms with Crippen molar-refractivity contribution in [3.63, 3.8) is 0 Å². The Balaban J connectivity index is 3.78. The molecule has 4 nitrogen and oxygen atoms in total. The first kappa shape index (κ1) is 18.0. The van der Waals surface area contributed by atoms with Crippen LogP contribution < -0.4 is 10.6 Å². The minimum absolute atomic E-state index is 0.319. The van der Waals surface area contributed by atoms with E-state index < -0.39 is 12.7 Å². The summed E-state index contributed by atoms with van der Waals surface area (Å²) >= 11 is 0. The zero-order valence-electron chi connectivity index (χ0n) is 12.1. The molecule has 0 aromatic carbocycles. The Labute approximate surface area is 113 Å². The smallest absolute Gasteiger partial charge is 0.356 e. The molecule has 7 heteroatoms. The van der Waals surface area contributed by atoms with Gasteiger partial charge in [0.25, 0.3) is 0 Å². The quantitative estimate of drug-likeness (QED) is 0.425. The van der Waals surface area contributed by atoms with Crippen molar-refractivity contribution in [3.05, 3.63) is 0 Å². The minimum atomic E-state index is -4.13. The van der Waals surface area contributed by atoms with Gasteiger partial charge in [-0.1, -0.05) is 6.92 Å². The third kappa shape index (κ3) is 10.6. The van der Waals surface area contributed by atoms with Crippen LogP contribution in [0.5, 0.6) is 0 Å². The van der Waals surface area contributed by atoms with Crippen molar-refractivity contribution in [2.75, 3.05) is 33.7 Å². The predicted octanol–water partition coefficient (Wildman–Crippen LogP) is 1.83. The molecule has 2 N–H and O–H groups in total. The SMILES string of the molecule is CCC(C)NC(=NC)NCCCN(C)CC(F)(F)F. The highest BCUT2D eigenvalue weighted by Gasteiger charge is 2.28. The molecule has 0 saturated heterocycles. The van der Waals surface area contributed by atoms with Crippen LogP contribution in [-0.2, 0) is 0 Å². The zero-order chi connectivity index (χ0) is 14.9. The number of aliphatic imine (C=N–C) groups is 1. The average molecular weight is 282 g/mol. The van der Waals surface area contributed by atoms with E-state index >= 15 is 0 Å². The van der Waals surface area contributed by atoms with Crippen LogP contribution >= 0.6 is 0 Å². The molecular weight excluding hydrogens is 257 g/mol. The number of rotatable bonds is 7. The van der Waals surface area contributed by atoms with Gasteiger partial charge in [-0.25, -0.2) is 0 Å². The number of nitrogens with one attached hydrogen (secondary N) is 2. The first-order valence-corrected chi connectivity index (χ1v) is 6.51. The lowest BCUT2D eigenvalue weighted by Crippen LogP contribution is -2.43. The summed E-state index contributed by atoms with van der Waals surface area (Å²) in [5.74, 6) is 0.688. The summed E-state index contributed by atoms with van der Waals surface area (Å²) in [7, 11) is 3.15. The average Bonchev–Trinajstić information content (AvgIpc) is 2.30. The van der Waals surface area contributed by atoms with Gasteiger partial charge in [0.05, 0.1) is 6.54 Å². The number of halogens is 3. The summed E-state index contributed by atoms with van der Waals surface area (Å²) in [6.07, 6.45) is -2.51. The predicted molar refractivity (Wildman–Crippen MR) is 72.4 cm³/mol. The standard InChI is InChI=1S/C12H25F3N4/c1-5-10(2)18-11(16-3)17-7-6-8-19(4)9-12(13,14)15/h10H,5-9H2,1-4H3,(H2,16,17,18). The third-order valence-electron chi connectivity index (χ3n) is 2.68. The van der Waals surface area contributed by atoms with E-state index in [1.54, 1.807) is 7.05 Å². The third-order valence-corrected chi connectivity index (χ3v) is 2.68. The van der Waals surface area contributed by atoms with Gasteiger partial charge in [0.15, 0.2) is 5.96 Å². The fourth-order valence-electron chi connectivity index (χ4n) is 1.47. The summed E-state index contributed by atoms with van der Waals surface area (Å²) in [6.45, 7) is 4.24. The highest BCUT2D eigenvalue weighted by molar-refractivity contribution is 5.79. The Bertz CT molecular complexity index is 266. The molecule has 0 radical (unpaired) electrons. The van der Waals surface area contributed by atoms with Gasteiger partial charge in [-0.3, -0.25) is 9.89 Å². The molecule has 0 aliphatic rings. The molecule has 1 unspecified atom stereocenters. The van der Waals surface area contributed by atoms with Crippen LogP contribution in [0.1, 0.15) is 26.7 Å². The van der Waals surface area contributed by atoms with Crippen LogP contribution in [-0.4, -0.2) is 56.8 Å². The molecule has 0 saturated carbocycles. The van der Waals surface area contributed by atoms with Crippen LogP contribution in [0.15, 0.2) is 4.99 Å². The molecule has 0 fully saturated rings. The van der Waals surface area contributed by atoms with Crippen molar-refractivity contribution in [3.8, 4) is 0 Å². The number of hydrogen-bond acceptors (Lipinski definition) is 2. The number of nitrogens with zero attached hydrogens (tertiary/aromatic N) is 2. The lowest BCUT2D eigenvalue weighted by atomic mass is 10.3. The Kier molecular flexibility index (Phi) is 8.54. The highest BCUT2D eigenvalue weighted by Crippen LogP contribution is 2.15. The van der Waals surface area contributed by atoms with Crippen LogP contribution in [0.3, 0.4) is 0 Å². The van der Waals surface area contributed by atoms with Crippen LogP contribution in [0.25, 0.3) is 0 Å². The molecule has 0 bridgehead atoms. The molecule has 0 aliphatic heterocycles. The molecule has 0 aromatic heterocycles. The van der Waals surface area contributed by atoms with Crippen molar-refractivity contribution in [2.45, 2.75) is 38.9 Å². The molecule has 19 heavy (non-hydrogen) atoms. The van der Waals surface area contributed by atoms with E-state index in [0.717, 1.165) is 6.42 Å². The summed E-state index contributed by atoms with van der Waals surface area (Å²) in [5, 5.41) is 6.27. The van der Waals surface area contributed by atoms with E-state index in [-0.39, 0.29) is 0 Å². The van der Waals surface area contributed by atoms with E-state index in [2.05, 4.69) is 22.5 Å². The van der Waals surface area contributed by atoms with Gasteiger partial charge >= 0.3 is 6.18 Å². The van der Waals surface area contributed by atoms with E-state index in [1.807, 2.05) is 6.92 Å². The van der Waals surface area contributed by atoms with Crippen LogP contribution in [0, 0.1) is 0 Å². The van der Waals surface area contributed by atoms with Crippen molar-refractivity contribution in [1.29, 1.82) is 0 Å². The monoisotopic (exact) mass is 282 g/mol. The van der Waals surface area contributed by atoms with Gasteiger partial charge in [-0.05, 0) is 33.4 Å². The van der Waals surface area contributed by atoms with Gasteiger partial charge in [0.1, 0.15) is 0 Å². The second-order valence-corrected chi connectivity index (χ2v) is 4.66. The van der Waals surface area contributed by atoms with E-state index in [9.17, 15) is 13.2 Å². The first-order chi connectivity index (χ1) is 8.78. The number of hydrogen-bond donors (Lipinski definition) is 2. The van der Waals surface area contributed by atoms with E-state index in [1.165, 1.54) is 11.9 Å². The largest absolute Gasteiger partial charge is 0.401 e. The fourth-order valence-corrected chi connectivity index (χ4v) is 1.47. The molecular formula is C12H25F3N4. The van der Waals surface area contributed by atoms with E-state index in [0.29, 0.717) is 31.5 Å². The number of alkyl halides is 3. The van der Waals surface area contributed by atoms with Crippen molar-refractivity contribution >= 4 is 5.96 Å². The maximum atomic E-state index is 12.1. The summed E-state index contributed by atoms with van der Waals surface area (Å²) < 4.78 is 36.3. The highest BCUT2D eigenvalue weighted by atomic mass is 19.4. The van der Waals surface area contributed by atoms with Gasteiger partial charge in [-0.15, -0.1) is 0 Å². The van der Waals surface area contributed by atoms with Gasteiger partial charge in [-0.2, -0.15) is 13.2 Å². The first-order valence-electron chi connectivity index (χ1n) is 6.51. The number of guanidine groups is 1. The van der Waals surface area contributed by atoms with E-state index in [4.69, 9.17) is 0 Å². The normalized spacial score (nSPS) is 14.6. The Morgan fingerprint density at radius 3 is 2.47 bits per heavy atom. The van der Waals surface area contributed by atoms with Gasteiger partial charge < -0.3 is 10.6 Å². The summed E-state index contributed by atoms with van der Waals surface area (Å²) in [6, 6.07) is 0.319.